The monoisotopic (exact) mass is 225 g/mol. The van der Waals surface area contributed by atoms with E-state index in [2.05, 4.69) is 19.2 Å². The normalized spacial score (nSPS) is 10.3. The van der Waals surface area contributed by atoms with E-state index in [0.29, 0.717) is 6.54 Å². The van der Waals surface area contributed by atoms with Gasteiger partial charge in [-0.15, -0.1) is 0 Å². The molecule has 0 saturated carbocycles. The summed E-state index contributed by atoms with van der Waals surface area (Å²) in [5.41, 5.74) is 7.93. The Morgan fingerprint density at radius 2 is 2.20 bits per heavy atom. The molecule has 0 radical (unpaired) electrons. The first kappa shape index (κ1) is 12.4. The highest BCUT2D eigenvalue weighted by atomic mass is 32.2. The first-order valence-electron chi connectivity index (χ1n) is 5.20. The van der Waals surface area contributed by atoms with Gasteiger partial charge in [-0.25, -0.2) is 0 Å². The highest BCUT2D eigenvalue weighted by molar-refractivity contribution is 7.98. The summed E-state index contributed by atoms with van der Waals surface area (Å²) < 4.78 is 5.77. The van der Waals surface area contributed by atoms with Gasteiger partial charge < -0.3 is 10.5 Å². The maximum Gasteiger partial charge on any atom is 0.126 e. The van der Waals surface area contributed by atoms with Crippen LogP contribution in [-0.4, -0.2) is 18.6 Å². The molecular weight excluding hydrogens is 206 g/mol. The standard InChI is InChI=1S/C12H19NOS/c1-10-5-3-6-11(9-13)12(10)14-7-4-8-15-2/h3,5-6H,4,7-9,13H2,1-2H3. The zero-order chi connectivity index (χ0) is 11.1. The highest BCUT2D eigenvalue weighted by Crippen LogP contribution is 2.23. The van der Waals surface area contributed by atoms with Gasteiger partial charge in [-0.05, 0) is 30.9 Å². The van der Waals surface area contributed by atoms with E-state index in [1.165, 1.54) is 5.56 Å². The Bertz CT molecular complexity index is 302. The first-order chi connectivity index (χ1) is 7.29. The van der Waals surface area contributed by atoms with Crippen molar-refractivity contribution in [3.8, 4) is 5.75 Å². The number of aryl methyl sites for hydroxylation is 1. The molecule has 0 aliphatic carbocycles. The lowest BCUT2D eigenvalue weighted by Crippen LogP contribution is -2.05. The molecule has 2 N–H and O–H groups in total. The molecule has 0 unspecified atom stereocenters. The SMILES string of the molecule is CSCCCOc1c(C)cccc1CN. The average molecular weight is 225 g/mol. The Kier molecular flexibility index (Phi) is 5.58. The summed E-state index contributed by atoms with van der Waals surface area (Å²) in [6.45, 7) is 3.38. The van der Waals surface area contributed by atoms with E-state index in [4.69, 9.17) is 10.5 Å². The fourth-order valence-corrected chi connectivity index (χ4v) is 1.86. The summed E-state index contributed by atoms with van der Waals surface area (Å²) in [7, 11) is 0. The summed E-state index contributed by atoms with van der Waals surface area (Å²) >= 11 is 1.85. The van der Waals surface area contributed by atoms with E-state index < -0.39 is 0 Å². The van der Waals surface area contributed by atoms with Crippen LogP contribution in [0.15, 0.2) is 18.2 Å². The molecule has 0 fully saturated rings. The van der Waals surface area contributed by atoms with Crippen LogP contribution in [0.4, 0.5) is 0 Å². The zero-order valence-electron chi connectivity index (χ0n) is 9.45. The van der Waals surface area contributed by atoms with Crippen LogP contribution in [0.3, 0.4) is 0 Å². The molecule has 0 bridgehead atoms. The quantitative estimate of drug-likeness (QED) is 0.756. The van der Waals surface area contributed by atoms with Gasteiger partial charge in [0.05, 0.1) is 6.61 Å². The van der Waals surface area contributed by atoms with Crippen molar-refractivity contribution in [2.45, 2.75) is 19.9 Å². The maximum atomic E-state index is 5.77. The van der Waals surface area contributed by atoms with E-state index in [1.54, 1.807) is 0 Å². The number of thioether (sulfide) groups is 1. The molecule has 1 aromatic carbocycles. The topological polar surface area (TPSA) is 35.2 Å². The van der Waals surface area contributed by atoms with Crippen molar-refractivity contribution >= 4 is 11.8 Å². The van der Waals surface area contributed by atoms with Gasteiger partial charge in [-0.1, -0.05) is 18.2 Å². The molecule has 2 nitrogen and oxygen atoms in total. The van der Waals surface area contributed by atoms with Crippen LogP contribution in [0, 0.1) is 6.92 Å². The van der Waals surface area contributed by atoms with E-state index in [1.807, 2.05) is 23.9 Å². The number of hydrogen-bond donors (Lipinski definition) is 1. The summed E-state index contributed by atoms with van der Waals surface area (Å²) in [5.74, 6) is 2.12. The second-order valence-electron chi connectivity index (χ2n) is 3.46. The average Bonchev–Trinajstić information content (AvgIpc) is 2.26. The Labute approximate surface area is 96.2 Å². The fourth-order valence-electron chi connectivity index (χ4n) is 1.46. The Hall–Kier alpha value is -0.670. The van der Waals surface area contributed by atoms with Gasteiger partial charge in [0.2, 0.25) is 0 Å². The van der Waals surface area contributed by atoms with E-state index in [9.17, 15) is 0 Å². The zero-order valence-corrected chi connectivity index (χ0v) is 10.3. The number of para-hydroxylation sites is 1. The fraction of sp³-hybridized carbons (Fsp3) is 0.500. The van der Waals surface area contributed by atoms with Gasteiger partial charge >= 0.3 is 0 Å². The van der Waals surface area contributed by atoms with Crippen molar-refractivity contribution in [3.63, 3.8) is 0 Å². The minimum absolute atomic E-state index is 0.541. The number of hydrogen-bond acceptors (Lipinski definition) is 3. The summed E-state index contributed by atoms with van der Waals surface area (Å²) in [4.78, 5) is 0. The van der Waals surface area contributed by atoms with E-state index in [0.717, 1.165) is 30.1 Å². The summed E-state index contributed by atoms with van der Waals surface area (Å²) in [5, 5.41) is 0. The van der Waals surface area contributed by atoms with Crippen LogP contribution < -0.4 is 10.5 Å². The molecule has 0 aromatic heterocycles. The highest BCUT2D eigenvalue weighted by Gasteiger charge is 2.04. The van der Waals surface area contributed by atoms with Gasteiger partial charge in [-0.2, -0.15) is 11.8 Å². The van der Waals surface area contributed by atoms with Gasteiger partial charge in [-0.3, -0.25) is 0 Å². The Morgan fingerprint density at radius 1 is 1.40 bits per heavy atom. The first-order valence-corrected chi connectivity index (χ1v) is 6.59. The molecule has 0 spiro atoms. The van der Waals surface area contributed by atoms with Crippen LogP contribution in [0.2, 0.25) is 0 Å². The molecular formula is C12H19NOS. The van der Waals surface area contributed by atoms with Crippen molar-refractivity contribution in [2.75, 3.05) is 18.6 Å². The largest absolute Gasteiger partial charge is 0.493 e. The van der Waals surface area contributed by atoms with E-state index in [-0.39, 0.29) is 0 Å². The lowest BCUT2D eigenvalue weighted by atomic mass is 10.1. The minimum atomic E-state index is 0.541. The Morgan fingerprint density at radius 3 is 2.87 bits per heavy atom. The third kappa shape index (κ3) is 3.76. The van der Waals surface area contributed by atoms with Gasteiger partial charge in [0.25, 0.3) is 0 Å². The lowest BCUT2D eigenvalue weighted by molar-refractivity contribution is 0.313. The summed E-state index contributed by atoms with van der Waals surface area (Å²) in [6.07, 6.45) is 3.19. The van der Waals surface area contributed by atoms with Crippen molar-refractivity contribution in [3.05, 3.63) is 29.3 Å². The van der Waals surface area contributed by atoms with Gasteiger partial charge in [0.15, 0.2) is 0 Å². The number of benzene rings is 1. The van der Waals surface area contributed by atoms with Crippen LogP contribution in [-0.2, 0) is 6.54 Å². The van der Waals surface area contributed by atoms with Crippen LogP contribution in [0.25, 0.3) is 0 Å². The molecule has 0 heterocycles. The summed E-state index contributed by atoms with van der Waals surface area (Å²) in [6, 6.07) is 6.10. The molecule has 0 saturated heterocycles. The predicted octanol–water partition coefficient (Wildman–Crippen LogP) is 2.59. The number of nitrogens with two attached hydrogens (primary N) is 1. The van der Waals surface area contributed by atoms with Crippen molar-refractivity contribution in [2.24, 2.45) is 5.73 Å². The Balaban J connectivity index is 2.58. The molecule has 3 heteroatoms. The van der Waals surface area contributed by atoms with Crippen LogP contribution >= 0.6 is 11.8 Å². The molecule has 0 aliphatic rings. The van der Waals surface area contributed by atoms with Crippen molar-refractivity contribution in [1.82, 2.24) is 0 Å². The molecule has 84 valence electrons. The van der Waals surface area contributed by atoms with Crippen LogP contribution in [0.5, 0.6) is 5.75 Å². The second-order valence-corrected chi connectivity index (χ2v) is 4.45. The molecule has 0 aliphatic heterocycles. The van der Waals surface area contributed by atoms with Gasteiger partial charge in [0, 0.05) is 12.1 Å². The lowest BCUT2D eigenvalue weighted by Gasteiger charge is -2.12. The smallest absolute Gasteiger partial charge is 0.126 e. The molecule has 1 aromatic rings. The minimum Gasteiger partial charge on any atom is -0.493 e. The second kappa shape index (κ2) is 6.75. The maximum absolute atomic E-state index is 5.77. The molecule has 0 atom stereocenters. The molecule has 0 amide bonds. The van der Waals surface area contributed by atoms with Crippen LogP contribution in [0.1, 0.15) is 17.5 Å². The third-order valence-corrected chi connectivity index (χ3v) is 2.95. The van der Waals surface area contributed by atoms with Crippen molar-refractivity contribution in [1.29, 1.82) is 0 Å². The van der Waals surface area contributed by atoms with Crippen molar-refractivity contribution < 1.29 is 4.74 Å². The number of rotatable bonds is 6. The molecule has 1 rings (SSSR count). The molecule has 15 heavy (non-hydrogen) atoms. The number of ether oxygens (including phenoxy) is 1. The predicted molar refractivity (Wildman–Crippen MR) is 67.6 cm³/mol. The third-order valence-electron chi connectivity index (χ3n) is 2.25. The van der Waals surface area contributed by atoms with E-state index >= 15 is 0 Å². The van der Waals surface area contributed by atoms with Gasteiger partial charge in [0.1, 0.15) is 5.75 Å².